The zero-order chi connectivity index (χ0) is 33.0. The van der Waals surface area contributed by atoms with E-state index in [2.05, 4.69) is 20.5 Å². The lowest BCUT2D eigenvalue weighted by atomic mass is 10.1. The topological polar surface area (TPSA) is 115 Å². The van der Waals surface area contributed by atoms with E-state index < -0.39 is 0 Å². The van der Waals surface area contributed by atoms with E-state index in [0.717, 1.165) is 49.9 Å². The van der Waals surface area contributed by atoms with Gasteiger partial charge in [-0.3, -0.25) is 9.59 Å². The van der Waals surface area contributed by atoms with Crippen molar-refractivity contribution in [3.05, 3.63) is 71.8 Å². The van der Waals surface area contributed by atoms with Crippen molar-refractivity contribution < 1.29 is 23.8 Å². The molecule has 0 aromatic heterocycles. The standard InChI is InChI=1S/C35H44ClN5O5/c1-4-34(42)45-24-11-9-7-6-8-10-23-44-31-20-21-33(32(36)26-31)40-39-28-14-12-27(13-15-28)37-38-29-16-18-30(19-17-29)41(3)22-25-46-35(43)5-2/h12-21,26H,4-11,22-25H2,1-3H3. The van der Waals surface area contributed by atoms with Gasteiger partial charge in [0.05, 0.1) is 41.8 Å². The molecule has 46 heavy (non-hydrogen) atoms. The lowest BCUT2D eigenvalue weighted by molar-refractivity contribution is -0.144. The summed E-state index contributed by atoms with van der Waals surface area (Å²) in [6.07, 6.45) is 7.09. The van der Waals surface area contributed by atoms with Crippen molar-refractivity contribution in [3.8, 4) is 5.75 Å². The second kappa shape index (κ2) is 20.7. The van der Waals surface area contributed by atoms with Crippen LogP contribution in [0.4, 0.5) is 28.4 Å². The number of likely N-dealkylation sites (N-methyl/N-ethyl adjacent to an activating group) is 1. The van der Waals surface area contributed by atoms with Gasteiger partial charge in [0.25, 0.3) is 0 Å². The summed E-state index contributed by atoms with van der Waals surface area (Å²) < 4.78 is 16.1. The summed E-state index contributed by atoms with van der Waals surface area (Å²) >= 11 is 6.43. The minimum atomic E-state index is -0.197. The largest absolute Gasteiger partial charge is 0.494 e. The molecule has 0 atom stereocenters. The van der Waals surface area contributed by atoms with Crippen LogP contribution in [0.5, 0.6) is 5.75 Å². The summed E-state index contributed by atoms with van der Waals surface area (Å²) in [4.78, 5) is 24.4. The second-order valence-corrected chi connectivity index (χ2v) is 11.0. The number of anilines is 1. The third kappa shape index (κ3) is 13.8. The van der Waals surface area contributed by atoms with Crippen LogP contribution in [-0.2, 0) is 19.1 Å². The molecule has 0 radical (unpaired) electrons. The molecular weight excluding hydrogens is 606 g/mol. The van der Waals surface area contributed by atoms with Crippen molar-refractivity contribution in [2.45, 2.75) is 65.2 Å². The normalized spacial score (nSPS) is 11.2. The Morgan fingerprint density at radius 1 is 0.652 bits per heavy atom. The average Bonchev–Trinajstić information content (AvgIpc) is 3.08. The number of azo groups is 2. The number of rotatable bonds is 20. The molecule has 0 N–H and O–H groups in total. The molecule has 3 aromatic rings. The maximum atomic E-state index is 11.3. The van der Waals surface area contributed by atoms with E-state index in [4.69, 9.17) is 25.8 Å². The molecule has 0 saturated heterocycles. The van der Waals surface area contributed by atoms with Crippen LogP contribution in [0, 0.1) is 0 Å². The van der Waals surface area contributed by atoms with Crippen LogP contribution in [0.1, 0.15) is 65.2 Å². The first-order valence-corrected chi connectivity index (χ1v) is 16.2. The quantitative estimate of drug-likeness (QED) is 0.0683. The summed E-state index contributed by atoms with van der Waals surface area (Å²) in [7, 11) is 1.94. The number of unbranched alkanes of at least 4 members (excludes halogenated alkanes) is 5. The minimum absolute atomic E-state index is 0.130. The summed E-state index contributed by atoms with van der Waals surface area (Å²) in [5.74, 6) is 0.374. The smallest absolute Gasteiger partial charge is 0.305 e. The van der Waals surface area contributed by atoms with Gasteiger partial charge in [-0.1, -0.05) is 51.1 Å². The minimum Gasteiger partial charge on any atom is -0.494 e. The predicted octanol–water partition coefficient (Wildman–Crippen LogP) is 10.2. The van der Waals surface area contributed by atoms with Gasteiger partial charge in [0, 0.05) is 31.6 Å². The van der Waals surface area contributed by atoms with E-state index in [-0.39, 0.29) is 11.9 Å². The highest BCUT2D eigenvalue weighted by molar-refractivity contribution is 6.33. The fraction of sp³-hybridized carbons (Fsp3) is 0.429. The summed E-state index contributed by atoms with van der Waals surface area (Å²) in [6, 6.07) is 20.3. The van der Waals surface area contributed by atoms with Crippen LogP contribution >= 0.6 is 11.6 Å². The van der Waals surface area contributed by atoms with E-state index in [1.165, 1.54) is 0 Å². The SMILES string of the molecule is CCC(=O)OCCCCCCCCOc1ccc(N=Nc2ccc(N=Nc3ccc(N(C)CCOC(=O)CC)cc3)cc2)c(Cl)c1. The molecule has 10 nitrogen and oxygen atoms in total. The van der Waals surface area contributed by atoms with E-state index in [0.29, 0.717) is 67.0 Å². The zero-order valence-electron chi connectivity index (χ0n) is 27.0. The van der Waals surface area contributed by atoms with Gasteiger partial charge in [0.2, 0.25) is 0 Å². The fourth-order valence-electron chi connectivity index (χ4n) is 4.16. The first kappa shape index (κ1) is 36.2. The van der Waals surface area contributed by atoms with Crippen molar-refractivity contribution in [1.82, 2.24) is 0 Å². The van der Waals surface area contributed by atoms with Gasteiger partial charge < -0.3 is 19.1 Å². The monoisotopic (exact) mass is 649 g/mol. The molecule has 0 bridgehead atoms. The molecule has 0 unspecified atom stereocenters. The van der Waals surface area contributed by atoms with Gasteiger partial charge in [-0.05, 0) is 73.5 Å². The van der Waals surface area contributed by atoms with Crippen LogP contribution in [-0.4, -0.2) is 45.4 Å². The highest BCUT2D eigenvalue weighted by atomic mass is 35.5. The zero-order valence-corrected chi connectivity index (χ0v) is 27.7. The summed E-state index contributed by atoms with van der Waals surface area (Å²) in [5, 5.41) is 17.7. The summed E-state index contributed by atoms with van der Waals surface area (Å²) in [5.41, 5.74) is 3.62. The van der Waals surface area contributed by atoms with E-state index in [1.807, 2.05) is 66.5 Å². The number of ether oxygens (including phenoxy) is 3. The van der Waals surface area contributed by atoms with Gasteiger partial charge in [-0.15, -0.1) is 5.11 Å². The molecule has 0 spiro atoms. The Bertz CT molecular complexity index is 1410. The first-order valence-electron chi connectivity index (χ1n) is 15.9. The summed E-state index contributed by atoms with van der Waals surface area (Å²) in [6.45, 7) is 5.67. The Kier molecular flexibility index (Phi) is 16.2. The number of hydrogen-bond donors (Lipinski definition) is 0. The molecule has 246 valence electrons. The van der Waals surface area contributed by atoms with Gasteiger partial charge in [0.1, 0.15) is 18.0 Å². The molecule has 11 heteroatoms. The Morgan fingerprint density at radius 3 is 1.72 bits per heavy atom. The Hall–Kier alpha value is -4.31. The van der Waals surface area contributed by atoms with Crippen LogP contribution in [0.3, 0.4) is 0 Å². The van der Waals surface area contributed by atoms with Crippen molar-refractivity contribution in [2.24, 2.45) is 20.5 Å². The van der Waals surface area contributed by atoms with Gasteiger partial charge >= 0.3 is 11.9 Å². The van der Waals surface area contributed by atoms with Gasteiger partial charge in [-0.25, -0.2) is 0 Å². The number of hydrogen-bond acceptors (Lipinski definition) is 10. The third-order valence-electron chi connectivity index (χ3n) is 6.95. The number of halogens is 1. The lowest BCUT2D eigenvalue weighted by Crippen LogP contribution is -2.23. The highest BCUT2D eigenvalue weighted by Crippen LogP contribution is 2.31. The molecule has 0 saturated carbocycles. The molecule has 0 aliphatic rings. The van der Waals surface area contributed by atoms with Crippen molar-refractivity contribution in [1.29, 1.82) is 0 Å². The number of benzene rings is 3. The Labute approximate surface area is 276 Å². The Morgan fingerprint density at radius 2 is 1.15 bits per heavy atom. The second-order valence-electron chi connectivity index (χ2n) is 10.6. The maximum Gasteiger partial charge on any atom is 0.305 e. The molecule has 0 aliphatic carbocycles. The lowest BCUT2D eigenvalue weighted by Gasteiger charge is -2.19. The number of esters is 2. The fourth-order valence-corrected chi connectivity index (χ4v) is 4.37. The van der Waals surface area contributed by atoms with Crippen LogP contribution in [0.25, 0.3) is 0 Å². The molecule has 0 fully saturated rings. The number of nitrogens with zero attached hydrogens (tertiary/aromatic N) is 5. The van der Waals surface area contributed by atoms with Gasteiger partial charge in [0.15, 0.2) is 0 Å². The van der Waals surface area contributed by atoms with E-state index in [9.17, 15) is 9.59 Å². The average molecular weight is 650 g/mol. The van der Waals surface area contributed by atoms with Crippen LogP contribution < -0.4 is 9.64 Å². The van der Waals surface area contributed by atoms with Crippen molar-refractivity contribution in [3.63, 3.8) is 0 Å². The maximum absolute atomic E-state index is 11.3. The van der Waals surface area contributed by atoms with E-state index in [1.54, 1.807) is 26.0 Å². The van der Waals surface area contributed by atoms with Crippen molar-refractivity contribution in [2.75, 3.05) is 38.3 Å². The van der Waals surface area contributed by atoms with Crippen LogP contribution in [0.2, 0.25) is 5.02 Å². The van der Waals surface area contributed by atoms with Crippen LogP contribution in [0.15, 0.2) is 87.2 Å². The Balaban J connectivity index is 1.37. The van der Waals surface area contributed by atoms with E-state index >= 15 is 0 Å². The molecule has 0 heterocycles. The third-order valence-corrected chi connectivity index (χ3v) is 7.25. The van der Waals surface area contributed by atoms with Gasteiger partial charge in [-0.2, -0.15) is 15.3 Å². The first-order chi connectivity index (χ1) is 22.4. The molecule has 0 amide bonds. The molecule has 0 aliphatic heterocycles. The highest BCUT2D eigenvalue weighted by Gasteiger charge is 2.05. The van der Waals surface area contributed by atoms with Crippen molar-refractivity contribution >= 4 is 52.0 Å². The molecule has 3 aromatic carbocycles. The number of carbonyl (C=O) groups excluding carboxylic acids is 2. The number of carbonyl (C=O) groups is 2. The predicted molar refractivity (Wildman–Crippen MR) is 182 cm³/mol. The molecular formula is C35H44ClN5O5. The molecule has 3 rings (SSSR count).